The Morgan fingerprint density at radius 3 is 2.69 bits per heavy atom. The van der Waals surface area contributed by atoms with Gasteiger partial charge < -0.3 is 5.32 Å². The molecule has 0 bridgehead atoms. The first kappa shape index (κ1) is 12.5. The fourth-order valence-corrected chi connectivity index (χ4v) is 1.34. The number of hydrogen-bond acceptors (Lipinski definition) is 1. The van der Waals surface area contributed by atoms with Gasteiger partial charge in [0.1, 0.15) is 0 Å². The Balaban J connectivity index is 3.11. The number of terminal acetylenes is 1. The topological polar surface area (TPSA) is 12.0 Å². The highest BCUT2D eigenvalue weighted by Crippen LogP contribution is 2.02. The van der Waals surface area contributed by atoms with Crippen LogP contribution >= 0.6 is 0 Å². The van der Waals surface area contributed by atoms with E-state index in [1.165, 1.54) is 25.7 Å². The summed E-state index contributed by atoms with van der Waals surface area (Å²) in [5.41, 5.74) is 0. The van der Waals surface area contributed by atoms with Gasteiger partial charge in [-0.3, -0.25) is 0 Å². The maximum atomic E-state index is 5.17. The molecule has 0 aliphatic heterocycles. The summed E-state index contributed by atoms with van der Waals surface area (Å²) in [5.74, 6) is 2.65. The van der Waals surface area contributed by atoms with E-state index in [0.717, 1.165) is 19.4 Å². The summed E-state index contributed by atoms with van der Waals surface area (Å²) in [6, 6.07) is 0.657. The van der Waals surface area contributed by atoms with Gasteiger partial charge in [-0.05, 0) is 26.3 Å². The lowest BCUT2D eigenvalue weighted by atomic mass is 10.1. The molecule has 1 unspecified atom stereocenters. The Kier molecular flexibility index (Phi) is 9.25. The summed E-state index contributed by atoms with van der Waals surface area (Å²) >= 11 is 0. The third-order valence-corrected chi connectivity index (χ3v) is 2.23. The minimum Gasteiger partial charge on any atom is -0.314 e. The molecule has 0 aliphatic carbocycles. The summed E-state index contributed by atoms with van der Waals surface area (Å²) in [6.45, 7) is 5.56. The van der Waals surface area contributed by atoms with Crippen molar-refractivity contribution in [1.82, 2.24) is 5.32 Å². The molecule has 1 atom stereocenters. The zero-order valence-electron chi connectivity index (χ0n) is 9.10. The number of hydrogen-bond donors (Lipinski definition) is 1. The zero-order valence-corrected chi connectivity index (χ0v) is 9.10. The quantitative estimate of drug-likeness (QED) is 0.448. The van der Waals surface area contributed by atoms with E-state index in [0.29, 0.717) is 6.04 Å². The molecule has 76 valence electrons. The van der Waals surface area contributed by atoms with Crippen molar-refractivity contribution in [2.45, 2.75) is 58.4 Å². The number of nitrogens with one attached hydrogen (secondary N) is 1. The minimum absolute atomic E-state index is 0.657. The Bertz CT molecular complexity index is 135. The zero-order chi connectivity index (χ0) is 9.94. The largest absolute Gasteiger partial charge is 0.314 e. The van der Waals surface area contributed by atoms with Gasteiger partial charge in [-0.1, -0.05) is 26.2 Å². The Morgan fingerprint density at radius 1 is 1.31 bits per heavy atom. The molecule has 0 saturated heterocycles. The highest BCUT2D eigenvalue weighted by atomic mass is 14.9. The maximum Gasteiger partial charge on any atom is 0.00981 e. The Labute approximate surface area is 83.3 Å². The van der Waals surface area contributed by atoms with E-state index in [-0.39, 0.29) is 0 Å². The van der Waals surface area contributed by atoms with Crippen LogP contribution in [0, 0.1) is 12.3 Å². The van der Waals surface area contributed by atoms with Crippen LogP contribution in [0.25, 0.3) is 0 Å². The van der Waals surface area contributed by atoms with Crippen molar-refractivity contribution < 1.29 is 0 Å². The molecule has 0 saturated carbocycles. The molecule has 13 heavy (non-hydrogen) atoms. The van der Waals surface area contributed by atoms with E-state index in [1.807, 2.05) is 0 Å². The summed E-state index contributed by atoms with van der Waals surface area (Å²) in [4.78, 5) is 0. The molecule has 0 spiro atoms. The van der Waals surface area contributed by atoms with Crippen LogP contribution in [0.1, 0.15) is 52.4 Å². The van der Waals surface area contributed by atoms with Crippen LogP contribution in [0.15, 0.2) is 0 Å². The molecule has 0 heterocycles. The number of unbranched alkanes of at least 4 members (excludes halogenated alkanes) is 3. The normalized spacial score (nSPS) is 12.4. The van der Waals surface area contributed by atoms with Crippen molar-refractivity contribution in [3.05, 3.63) is 0 Å². The van der Waals surface area contributed by atoms with Gasteiger partial charge in [0.15, 0.2) is 0 Å². The van der Waals surface area contributed by atoms with Crippen LogP contribution in [0.3, 0.4) is 0 Å². The fraction of sp³-hybridized carbons (Fsp3) is 0.833. The Hall–Kier alpha value is -0.480. The smallest absolute Gasteiger partial charge is 0.00981 e. The van der Waals surface area contributed by atoms with Crippen molar-refractivity contribution in [1.29, 1.82) is 0 Å². The van der Waals surface area contributed by atoms with Crippen LogP contribution in [-0.2, 0) is 0 Å². The minimum atomic E-state index is 0.657. The van der Waals surface area contributed by atoms with Crippen LogP contribution in [0.5, 0.6) is 0 Å². The first-order chi connectivity index (χ1) is 6.31. The van der Waals surface area contributed by atoms with Crippen molar-refractivity contribution in [3.8, 4) is 12.3 Å². The van der Waals surface area contributed by atoms with Gasteiger partial charge in [0.05, 0.1) is 0 Å². The maximum absolute atomic E-state index is 5.17. The summed E-state index contributed by atoms with van der Waals surface area (Å²) in [6.07, 6.45) is 12.5. The van der Waals surface area contributed by atoms with Gasteiger partial charge in [-0.15, -0.1) is 12.3 Å². The van der Waals surface area contributed by atoms with Crippen molar-refractivity contribution >= 4 is 0 Å². The molecule has 1 nitrogen and oxygen atoms in total. The average Bonchev–Trinajstić information content (AvgIpc) is 2.13. The van der Waals surface area contributed by atoms with Gasteiger partial charge in [0.2, 0.25) is 0 Å². The first-order valence-electron chi connectivity index (χ1n) is 5.48. The second-order valence-electron chi connectivity index (χ2n) is 3.66. The van der Waals surface area contributed by atoms with Crippen molar-refractivity contribution in [2.75, 3.05) is 6.54 Å². The highest BCUT2D eigenvalue weighted by Gasteiger charge is 1.98. The predicted octanol–water partition coefficient (Wildman–Crippen LogP) is 2.96. The number of rotatable bonds is 8. The third kappa shape index (κ3) is 9.43. The van der Waals surface area contributed by atoms with Crippen LogP contribution in [-0.4, -0.2) is 12.6 Å². The molecule has 0 aromatic rings. The van der Waals surface area contributed by atoms with Gasteiger partial charge in [0, 0.05) is 12.5 Å². The second-order valence-corrected chi connectivity index (χ2v) is 3.66. The van der Waals surface area contributed by atoms with E-state index in [1.54, 1.807) is 0 Å². The lowest BCUT2D eigenvalue weighted by Gasteiger charge is -2.12. The fourth-order valence-electron chi connectivity index (χ4n) is 1.34. The molecule has 0 aromatic heterocycles. The van der Waals surface area contributed by atoms with Crippen molar-refractivity contribution in [2.24, 2.45) is 0 Å². The van der Waals surface area contributed by atoms with Crippen molar-refractivity contribution in [3.63, 3.8) is 0 Å². The molecule has 1 N–H and O–H groups in total. The van der Waals surface area contributed by atoms with Gasteiger partial charge >= 0.3 is 0 Å². The summed E-state index contributed by atoms with van der Waals surface area (Å²) in [7, 11) is 0. The molecule has 0 rings (SSSR count). The van der Waals surface area contributed by atoms with Crippen LogP contribution in [0.4, 0.5) is 0 Å². The summed E-state index contributed by atoms with van der Waals surface area (Å²) < 4.78 is 0. The summed E-state index contributed by atoms with van der Waals surface area (Å²) in [5, 5.41) is 3.48. The molecule has 1 heteroatoms. The molecular weight excluding hydrogens is 158 g/mol. The highest BCUT2D eigenvalue weighted by molar-refractivity contribution is 4.83. The molecule has 0 aliphatic rings. The predicted molar refractivity (Wildman–Crippen MR) is 59.7 cm³/mol. The van der Waals surface area contributed by atoms with E-state index in [2.05, 4.69) is 25.1 Å². The van der Waals surface area contributed by atoms with Gasteiger partial charge in [-0.25, -0.2) is 0 Å². The monoisotopic (exact) mass is 181 g/mol. The first-order valence-corrected chi connectivity index (χ1v) is 5.48. The van der Waals surface area contributed by atoms with Gasteiger partial charge in [0.25, 0.3) is 0 Å². The molecule has 0 fully saturated rings. The second kappa shape index (κ2) is 9.61. The van der Waals surface area contributed by atoms with E-state index in [4.69, 9.17) is 6.42 Å². The lowest BCUT2D eigenvalue weighted by Crippen LogP contribution is -2.26. The van der Waals surface area contributed by atoms with E-state index < -0.39 is 0 Å². The third-order valence-electron chi connectivity index (χ3n) is 2.23. The van der Waals surface area contributed by atoms with E-state index in [9.17, 15) is 0 Å². The van der Waals surface area contributed by atoms with Crippen LogP contribution < -0.4 is 5.32 Å². The van der Waals surface area contributed by atoms with Gasteiger partial charge in [-0.2, -0.15) is 0 Å². The molecule has 0 radical (unpaired) electrons. The Morgan fingerprint density at radius 2 is 2.08 bits per heavy atom. The van der Waals surface area contributed by atoms with E-state index >= 15 is 0 Å². The standard InChI is InChI=1S/C12H23N/c1-4-6-8-10-12(3)13-11-9-7-5-2/h2,12-13H,4,6-11H2,1,3H3. The lowest BCUT2D eigenvalue weighted by molar-refractivity contribution is 0.484. The molecule has 0 amide bonds. The average molecular weight is 181 g/mol. The SMILES string of the molecule is C#CCCCNC(C)CCCCC. The molecular formula is C12H23N. The van der Waals surface area contributed by atoms with Crippen LogP contribution in [0.2, 0.25) is 0 Å². The molecule has 0 aromatic carbocycles.